The number of piperidine rings is 1. The van der Waals surface area contributed by atoms with E-state index in [9.17, 15) is 15.0 Å². The molecule has 5 N–H and O–H groups in total. The number of nitrogens with one attached hydrogen (secondary N) is 1. The number of aliphatic hydroxyl groups excluding tert-OH is 2. The van der Waals surface area contributed by atoms with E-state index in [0.29, 0.717) is 25.4 Å². The molecule has 5 rings (SSSR count). The van der Waals surface area contributed by atoms with Gasteiger partial charge in [-0.15, -0.1) is 11.8 Å². The van der Waals surface area contributed by atoms with Crippen molar-refractivity contribution in [2.24, 2.45) is 5.73 Å². The Bertz CT molecular complexity index is 1180. The first kappa shape index (κ1) is 25.4. The zero-order chi connectivity index (χ0) is 24.8. The number of anilines is 1. The molecule has 2 unspecified atom stereocenters. The number of methoxy groups -OCH3 is 1. The minimum atomic E-state index is -0.608. The number of nitrogens with two attached hydrogens (primary N) is 1. The van der Waals surface area contributed by atoms with Gasteiger partial charge in [0.25, 0.3) is 0 Å². The molecule has 0 spiro atoms. The second kappa shape index (κ2) is 11.8. The van der Waals surface area contributed by atoms with Gasteiger partial charge in [-0.2, -0.15) is 0 Å². The number of carbonyl (C=O) groups excluding carboxylic acids is 1. The number of hydrogen-bond donors (Lipinski definition) is 4. The van der Waals surface area contributed by atoms with Crippen LogP contribution in [0.15, 0.2) is 53.6 Å². The van der Waals surface area contributed by atoms with Crippen LogP contribution in [-0.4, -0.2) is 64.6 Å². The van der Waals surface area contributed by atoms with Gasteiger partial charge in [0.15, 0.2) is 0 Å². The quantitative estimate of drug-likeness (QED) is 0.426. The normalized spacial score (nSPS) is 18.7. The molecule has 2 aliphatic rings. The Labute approximate surface area is 209 Å². The smallest absolute Gasteiger partial charge is 0.234 e. The summed E-state index contributed by atoms with van der Waals surface area (Å²) in [6.07, 6.45) is 2.65. The average molecular weight is 497 g/mol. The number of carbonyl (C=O) groups is 1. The summed E-state index contributed by atoms with van der Waals surface area (Å²) in [4.78, 5) is 18.6. The van der Waals surface area contributed by atoms with E-state index >= 15 is 0 Å². The van der Waals surface area contributed by atoms with Crippen LogP contribution < -0.4 is 15.8 Å². The third-order valence-corrected chi connectivity index (χ3v) is 7.24. The van der Waals surface area contributed by atoms with Gasteiger partial charge in [-0.25, -0.2) is 0 Å². The van der Waals surface area contributed by atoms with E-state index in [1.165, 1.54) is 0 Å². The van der Waals surface area contributed by atoms with E-state index in [1.54, 1.807) is 25.1 Å². The number of aromatic nitrogens is 1. The number of rotatable bonds is 5. The lowest BCUT2D eigenvalue weighted by Crippen LogP contribution is -2.40. The van der Waals surface area contributed by atoms with Gasteiger partial charge >= 0.3 is 0 Å². The lowest BCUT2D eigenvalue weighted by molar-refractivity contribution is -0.113. The summed E-state index contributed by atoms with van der Waals surface area (Å²) in [5, 5.41) is 24.1. The van der Waals surface area contributed by atoms with E-state index in [0.717, 1.165) is 57.7 Å². The Morgan fingerprint density at radius 3 is 2.91 bits per heavy atom. The fraction of sp³-hybridized carbons (Fsp3) is 0.385. The molecule has 0 radical (unpaired) electrons. The van der Waals surface area contributed by atoms with Gasteiger partial charge in [0, 0.05) is 36.1 Å². The van der Waals surface area contributed by atoms with E-state index in [4.69, 9.17) is 10.5 Å². The third kappa shape index (κ3) is 6.50. The van der Waals surface area contributed by atoms with Crippen molar-refractivity contribution in [3.63, 3.8) is 0 Å². The number of β-amino-alcohol motifs (C(OH)–C–C–N with tert-alkyl or cyclic N) is 2. The molecule has 186 valence electrons. The number of likely N-dealkylation sites (tertiary alicyclic amines) is 1. The number of thioether (sulfide) groups is 1. The molecule has 0 bridgehead atoms. The van der Waals surface area contributed by atoms with Crippen molar-refractivity contribution >= 4 is 34.3 Å². The number of amides is 1. The number of fused-ring (bicyclic) bond motifs is 2. The topological polar surface area (TPSA) is 121 Å². The third-order valence-electron chi connectivity index (χ3n) is 6.17. The molecular weight excluding hydrogens is 464 g/mol. The van der Waals surface area contributed by atoms with Crippen molar-refractivity contribution in [1.29, 1.82) is 0 Å². The van der Waals surface area contributed by atoms with E-state index in [1.807, 2.05) is 42.5 Å². The van der Waals surface area contributed by atoms with Crippen LogP contribution in [0.2, 0.25) is 0 Å². The van der Waals surface area contributed by atoms with Crippen LogP contribution >= 0.6 is 11.8 Å². The Kier molecular flexibility index (Phi) is 8.59. The van der Waals surface area contributed by atoms with Crippen LogP contribution in [0.1, 0.15) is 30.1 Å². The van der Waals surface area contributed by atoms with Crippen LogP contribution in [0.4, 0.5) is 5.69 Å². The monoisotopic (exact) mass is 496 g/mol. The van der Waals surface area contributed by atoms with Crippen molar-refractivity contribution in [1.82, 2.24) is 9.88 Å². The molecule has 3 heterocycles. The molecule has 9 heteroatoms. The van der Waals surface area contributed by atoms with Gasteiger partial charge in [0.1, 0.15) is 5.75 Å². The van der Waals surface area contributed by atoms with Gasteiger partial charge in [-0.05, 0) is 66.9 Å². The Morgan fingerprint density at radius 2 is 2.14 bits per heavy atom. The lowest BCUT2D eigenvalue weighted by Gasteiger charge is -2.31. The van der Waals surface area contributed by atoms with Crippen LogP contribution in [0.3, 0.4) is 0 Å². The number of ether oxygens (including phenoxy) is 1. The van der Waals surface area contributed by atoms with Crippen molar-refractivity contribution in [2.75, 3.05) is 37.8 Å². The molecule has 2 aromatic carbocycles. The first-order valence-electron chi connectivity index (χ1n) is 11.7. The lowest BCUT2D eigenvalue weighted by atomic mass is 10.0. The number of aliphatic hydroxyl groups is 2. The Morgan fingerprint density at radius 1 is 1.29 bits per heavy atom. The minimum absolute atomic E-state index is 0.0617. The highest BCUT2D eigenvalue weighted by molar-refractivity contribution is 8.00. The average Bonchev–Trinajstić information content (AvgIpc) is 2.87. The predicted octanol–water partition coefficient (Wildman–Crippen LogP) is 2.92. The fourth-order valence-corrected chi connectivity index (χ4v) is 5.15. The standard InChI is InChI=1S/C17H22N2O3.C9H10N2OS/c1-22-13-4-5-16-15(9-13)14(6-7-18-16)17(21)11-19-8-2-3-12(20)10-19;10-4-6-1-2-8-7(3-6)11-9(12)5-13-8/h4-7,9,12,17,20-21H,2-3,8,10-11H2,1H3;1-3H,4-5,10H2,(H,11,12). The van der Waals surface area contributed by atoms with Crippen LogP contribution in [0, 0.1) is 0 Å². The predicted molar refractivity (Wildman–Crippen MR) is 139 cm³/mol. The van der Waals surface area contributed by atoms with Crippen molar-refractivity contribution < 1.29 is 19.7 Å². The number of benzene rings is 2. The molecule has 1 aromatic heterocycles. The fourth-order valence-electron chi connectivity index (χ4n) is 4.36. The number of pyridine rings is 1. The van der Waals surface area contributed by atoms with E-state index < -0.39 is 6.10 Å². The van der Waals surface area contributed by atoms with E-state index in [-0.39, 0.29) is 12.0 Å². The van der Waals surface area contributed by atoms with Crippen molar-refractivity contribution in [3.05, 3.63) is 59.8 Å². The van der Waals surface area contributed by atoms with Gasteiger partial charge in [0.2, 0.25) is 5.91 Å². The summed E-state index contributed by atoms with van der Waals surface area (Å²) in [6, 6.07) is 13.4. The molecule has 0 saturated carbocycles. The Hall–Kier alpha value is -2.69. The molecule has 8 nitrogen and oxygen atoms in total. The maximum Gasteiger partial charge on any atom is 0.234 e. The highest BCUT2D eigenvalue weighted by Crippen LogP contribution is 2.32. The maximum absolute atomic E-state index is 11.1. The van der Waals surface area contributed by atoms with Gasteiger partial charge < -0.3 is 26.0 Å². The molecule has 3 aromatic rings. The number of nitrogens with zero attached hydrogens (tertiary/aromatic N) is 2. The molecule has 2 aliphatic heterocycles. The first-order chi connectivity index (χ1) is 17.0. The Balaban J connectivity index is 0.000000189. The summed E-state index contributed by atoms with van der Waals surface area (Å²) in [7, 11) is 1.63. The zero-order valence-electron chi connectivity index (χ0n) is 19.8. The summed E-state index contributed by atoms with van der Waals surface area (Å²) in [5.74, 6) is 1.32. The van der Waals surface area contributed by atoms with E-state index in [2.05, 4.69) is 15.2 Å². The SMILES string of the molecule is COc1ccc2nccc(C(O)CN3CCCC(O)C3)c2c1.NCc1ccc2c(c1)NC(=O)CS2. The molecule has 2 atom stereocenters. The number of hydrogen-bond acceptors (Lipinski definition) is 8. The second-order valence-electron chi connectivity index (χ2n) is 8.73. The van der Waals surface area contributed by atoms with Crippen molar-refractivity contribution in [3.8, 4) is 5.75 Å². The summed E-state index contributed by atoms with van der Waals surface area (Å²) in [5.41, 5.74) is 9.13. The van der Waals surface area contributed by atoms with Gasteiger partial charge in [0.05, 0.1) is 36.3 Å². The molecule has 35 heavy (non-hydrogen) atoms. The summed E-state index contributed by atoms with van der Waals surface area (Å²) in [6.45, 7) is 2.57. The molecule has 0 aliphatic carbocycles. The van der Waals surface area contributed by atoms with Crippen LogP contribution in [0.5, 0.6) is 5.75 Å². The highest BCUT2D eigenvalue weighted by Gasteiger charge is 2.22. The molecule has 1 amide bonds. The van der Waals surface area contributed by atoms with Gasteiger partial charge in [-0.3, -0.25) is 14.7 Å². The molecule has 1 fully saturated rings. The first-order valence-corrected chi connectivity index (χ1v) is 12.7. The molecule has 1 saturated heterocycles. The molecular formula is C26H32N4O4S. The summed E-state index contributed by atoms with van der Waals surface area (Å²) >= 11 is 1.56. The zero-order valence-corrected chi connectivity index (χ0v) is 20.6. The minimum Gasteiger partial charge on any atom is -0.497 e. The largest absolute Gasteiger partial charge is 0.497 e. The van der Waals surface area contributed by atoms with Gasteiger partial charge in [-0.1, -0.05) is 6.07 Å². The summed E-state index contributed by atoms with van der Waals surface area (Å²) < 4.78 is 5.27. The van der Waals surface area contributed by atoms with Crippen LogP contribution in [0.25, 0.3) is 10.9 Å². The highest BCUT2D eigenvalue weighted by atomic mass is 32.2. The maximum atomic E-state index is 11.1. The van der Waals surface area contributed by atoms with Crippen molar-refractivity contribution in [2.45, 2.75) is 36.5 Å². The van der Waals surface area contributed by atoms with Crippen LogP contribution in [-0.2, 0) is 11.3 Å². The second-order valence-corrected chi connectivity index (χ2v) is 9.74.